The summed E-state index contributed by atoms with van der Waals surface area (Å²) in [6.45, 7) is 5.62. The van der Waals surface area contributed by atoms with Crippen molar-refractivity contribution in [2.24, 2.45) is 0 Å². The van der Waals surface area contributed by atoms with E-state index in [-0.39, 0.29) is 11.8 Å². The molecule has 0 aliphatic rings. The van der Waals surface area contributed by atoms with E-state index in [1.54, 1.807) is 43.1 Å². The smallest absolute Gasteiger partial charge is 0.265 e. The zero-order valence-electron chi connectivity index (χ0n) is 17.7. The van der Waals surface area contributed by atoms with Gasteiger partial charge in [0.05, 0.1) is 0 Å². The van der Waals surface area contributed by atoms with Gasteiger partial charge in [0.2, 0.25) is 0 Å². The van der Waals surface area contributed by atoms with Crippen LogP contribution in [0.5, 0.6) is 5.75 Å². The quantitative estimate of drug-likeness (QED) is 0.632. The molecule has 0 heterocycles. The molecule has 0 saturated heterocycles. The standard InChI is InChI=1S/C25H26N2O3/c1-17-13-14-18(2)23(15-17)30-19(3)24(28)26-21-10-8-9-20(16-21)25(29)27(4)22-11-6-5-7-12-22/h5-16,19H,1-4H3,(H,26,28). The molecule has 3 aromatic rings. The van der Waals surface area contributed by atoms with Crippen LogP contribution in [0.4, 0.5) is 11.4 Å². The number of nitrogens with one attached hydrogen (secondary N) is 1. The second kappa shape index (κ2) is 9.27. The summed E-state index contributed by atoms with van der Waals surface area (Å²) in [4.78, 5) is 27.0. The van der Waals surface area contributed by atoms with E-state index < -0.39 is 6.10 Å². The lowest BCUT2D eigenvalue weighted by molar-refractivity contribution is -0.122. The van der Waals surface area contributed by atoms with Crippen molar-refractivity contribution in [3.8, 4) is 5.75 Å². The molecule has 5 heteroatoms. The monoisotopic (exact) mass is 402 g/mol. The highest BCUT2D eigenvalue weighted by atomic mass is 16.5. The summed E-state index contributed by atoms with van der Waals surface area (Å²) < 4.78 is 5.85. The zero-order valence-corrected chi connectivity index (χ0v) is 17.7. The van der Waals surface area contributed by atoms with E-state index in [1.165, 1.54) is 0 Å². The molecular weight excluding hydrogens is 376 g/mol. The topological polar surface area (TPSA) is 58.6 Å². The number of hydrogen-bond donors (Lipinski definition) is 1. The van der Waals surface area contributed by atoms with Gasteiger partial charge in [0.25, 0.3) is 11.8 Å². The Morgan fingerprint density at radius 1 is 0.933 bits per heavy atom. The lowest BCUT2D eigenvalue weighted by Crippen LogP contribution is -2.30. The number of amides is 2. The number of para-hydroxylation sites is 1. The van der Waals surface area contributed by atoms with Gasteiger partial charge < -0.3 is 15.0 Å². The fourth-order valence-electron chi connectivity index (χ4n) is 3.01. The van der Waals surface area contributed by atoms with Gasteiger partial charge in [0.15, 0.2) is 6.10 Å². The molecule has 0 spiro atoms. The number of ether oxygens (including phenoxy) is 1. The van der Waals surface area contributed by atoms with Crippen LogP contribution < -0.4 is 15.0 Å². The highest BCUT2D eigenvalue weighted by Gasteiger charge is 2.18. The lowest BCUT2D eigenvalue weighted by Gasteiger charge is -2.19. The number of carbonyl (C=O) groups excluding carboxylic acids is 2. The summed E-state index contributed by atoms with van der Waals surface area (Å²) in [6.07, 6.45) is -0.683. The number of nitrogens with zero attached hydrogens (tertiary/aromatic N) is 1. The van der Waals surface area contributed by atoms with Gasteiger partial charge in [0.1, 0.15) is 5.75 Å². The highest BCUT2D eigenvalue weighted by Crippen LogP contribution is 2.21. The molecule has 30 heavy (non-hydrogen) atoms. The van der Waals surface area contributed by atoms with Crippen LogP contribution in [-0.4, -0.2) is 25.0 Å². The molecule has 1 atom stereocenters. The molecule has 0 fully saturated rings. The van der Waals surface area contributed by atoms with Crippen LogP contribution >= 0.6 is 0 Å². The molecule has 154 valence electrons. The Kier molecular flexibility index (Phi) is 6.52. The number of hydrogen-bond acceptors (Lipinski definition) is 3. The molecule has 0 radical (unpaired) electrons. The Hall–Kier alpha value is -3.60. The van der Waals surface area contributed by atoms with Crippen molar-refractivity contribution in [3.05, 3.63) is 89.5 Å². The third-order valence-corrected chi connectivity index (χ3v) is 4.84. The largest absolute Gasteiger partial charge is 0.481 e. The molecule has 3 rings (SSSR count). The molecule has 0 aromatic heterocycles. The Labute approximate surface area is 177 Å². The van der Waals surface area contributed by atoms with E-state index in [4.69, 9.17) is 4.74 Å². The van der Waals surface area contributed by atoms with Gasteiger partial charge >= 0.3 is 0 Å². The molecule has 3 aromatic carbocycles. The fraction of sp³-hybridized carbons (Fsp3) is 0.200. The van der Waals surface area contributed by atoms with Gasteiger partial charge in [-0.05, 0) is 68.3 Å². The lowest BCUT2D eigenvalue weighted by atomic mass is 10.1. The molecule has 1 N–H and O–H groups in total. The molecule has 0 bridgehead atoms. The van der Waals surface area contributed by atoms with Gasteiger partial charge in [-0.2, -0.15) is 0 Å². The van der Waals surface area contributed by atoms with Crippen LogP contribution in [0.1, 0.15) is 28.4 Å². The maximum atomic E-state index is 12.8. The van der Waals surface area contributed by atoms with Crippen LogP contribution in [0.25, 0.3) is 0 Å². The van der Waals surface area contributed by atoms with E-state index in [1.807, 2.05) is 62.4 Å². The second-order valence-corrected chi connectivity index (χ2v) is 7.30. The summed E-state index contributed by atoms with van der Waals surface area (Å²) in [5, 5.41) is 2.84. The fourth-order valence-corrected chi connectivity index (χ4v) is 3.01. The summed E-state index contributed by atoms with van der Waals surface area (Å²) in [7, 11) is 1.73. The minimum absolute atomic E-state index is 0.156. The van der Waals surface area contributed by atoms with E-state index >= 15 is 0 Å². The van der Waals surface area contributed by atoms with Gasteiger partial charge in [-0.1, -0.05) is 36.4 Å². The number of aryl methyl sites for hydroxylation is 2. The van der Waals surface area contributed by atoms with E-state index in [9.17, 15) is 9.59 Å². The third-order valence-electron chi connectivity index (χ3n) is 4.84. The van der Waals surface area contributed by atoms with E-state index in [0.29, 0.717) is 17.0 Å². The van der Waals surface area contributed by atoms with Crippen molar-refractivity contribution in [2.45, 2.75) is 26.9 Å². The maximum absolute atomic E-state index is 12.8. The highest BCUT2D eigenvalue weighted by molar-refractivity contribution is 6.06. The van der Waals surface area contributed by atoms with Crippen molar-refractivity contribution < 1.29 is 14.3 Å². The van der Waals surface area contributed by atoms with Crippen molar-refractivity contribution in [2.75, 3.05) is 17.3 Å². The first-order chi connectivity index (χ1) is 14.3. The number of benzene rings is 3. The summed E-state index contributed by atoms with van der Waals surface area (Å²) in [5.41, 5.74) is 3.87. The third kappa shape index (κ3) is 5.06. The number of carbonyl (C=O) groups is 2. The predicted octanol–water partition coefficient (Wildman–Crippen LogP) is 4.99. The maximum Gasteiger partial charge on any atom is 0.265 e. The minimum atomic E-state index is -0.683. The molecule has 0 aliphatic carbocycles. The van der Waals surface area contributed by atoms with Crippen molar-refractivity contribution >= 4 is 23.2 Å². The van der Waals surface area contributed by atoms with Crippen LogP contribution in [0.15, 0.2) is 72.8 Å². The molecule has 1 unspecified atom stereocenters. The van der Waals surface area contributed by atoms with E-state index in [2.05, 4.69) is 5.32 Å². The Morgan fingerprint density at radius 2 is 1.67 bits per heavy atom. The second-order valence-electron chi connectivity index (χ2n) is 7.30. The summed E-state index contributed by atoms with van der Waals surface area (Å²) in [5.74, 6) is 0.250. The van der Waals surface area contributed by atoms with Gasteiger partial charge in [-0.25, -0.2) is 0 Å². The van der Waals surface area contributed by atoms with Crippen molar-refractivity contribution in [1.29, 1.82) is 0 Å². The van der Waals surface area contributed by atoms with Gasteiger partial charge in [-0.15, -0.1) is 0 Å². The molecule has 0 saturated carbocycles. The summed E-state index contributed by atoms with van der Waals surface area (Å²) >= 11 is 0. The molecule has 2 amide bonds. The normalized spacial score (nSPS) is 11.5. The average Bonchev–Trinajstić information content (AvgIpc) is 2.76. The average molecular weight is 402 g/mol. The van der Waals surface area contributed by atoms with Gasteiger partial charge in [0, 0.05) is 24.0 Å². The van der Waals surface area contributed by atoms with Crippen LogP contribution in [0, 0.1) is 13.8 Å². The molecule has 0 aliphatic heterocycles. The van der Waals surface area contributed by atoms with Crippen molar-refractivity contribution in [3.63, 3.8) is 0 Å². The Bertz CT molecular complexity index is 1050. The van der Waals surface area contributed by atoms with Crippen molar-refractivity contribution in [1.82, 2.24) is 0 Å². The number of anilines is 2. The van der Waals surface area contributed by atoms with Crippen LogP contribution in [0.2, 0.25) is 0 Å². The first kappa shape index (κ1) is 21.1. The predicted molar refractivity (Wildman–Crippen MR) is 120 cm³/mol. The minimum Gasteiger partial charge on any atom is -0.481 e. The van der Waals surface area contributed by atoms with Gasteiger partial charge in [-0.3, -0.25) is 9.59 Å². The number of rotatable bonds is 6. The first-order valence-corrected chi connectivity index (χ1v) is 9.83. The zero-order chi connectivity index (χ0) is 21.7. The Balaban J connectivity index is 1.69. The SMILES string of the molecule is Cc1ccc(C)c(OC(C)C(=O)Nc2cccc(C(=O)N(C)c3ccccc3)c2)c1. The first-order valence-electron chi connectivity index (χ1n) is 9.83. The van der Waals surface area contributed by atoms with Crippen LogP contribution in [0.3, 0.4) is 0 Å². The Morgan fingerprint density at radius 3 is 2.40 bits per heavy atom. The van der Waals surface area contributed by atoms with E-state index in [0.717, 1.165) is 16.8 Å². The summed E-state index contributed by atoms with van der Waals surface area (Å²) in [6, 6.07) is 22.2. The van der Waals surface area contributed by atoms with Crippen LogP contribution in [-0.2, 0) is 4.79 Å². The molecule has 5 nitrogen and oxygen atoms in total. The molecular formula is C25H26N2O3.